The van der Waals surface area contributed by atoms with Crippen LogP contribution in [0.1, 0.15) is 39.2 Å². The van der Waals surface area contributed by atoms with Crippen molar-refractivity contribution in [2.75, 3.05) is 32.8 Å². The predicted molar refractivity (Wildman–Crippen MR) is 168 cm³/mol. The standard InChI is InChI=1S/C35H35F3N6O4/c36-35(37,38)26-11-12-32-30(15-26)33(45)44-21-29(47-22-27-19-42(40-39-27)18-25-9-5-2-6-10-25)16-31(44)34(46)43-14-13-41(20-28(43)23-48-32)17-24-7-3-1-4-8-24/h1-12,15,19,28-29,31H,13-14,16-18,20-23H2/t28-,29+,31-/m0/s1. The topological polar surface area (TPSA) is 93.0 Å². The second-order valence-corrected chi connectivity index (χ2v) is 12.5. The first-order chi connectivity index (χ1) is 23.2. The van der Waals surface area contributed by atoms with Crippen LogP contribution in [0, 0.1) is 0 Å². The molecule has 0 unspecified atom stereocenters. The molecule has 0 saturated carbocycles. The summed E-state index contributed by atoms with van der Waals surface area (Å²) in [5.74, 6) is -0.900. The van der Waals surface area contributed by atoms with E-state index in [0.29, 0.717) is 38.4 Å². The third kappa shape index (κ3) is 6.92. The zero-order chi connectivity index (χ0) is 33.3. The summed E-state index contributed by atoms with van der Waals surface area (Å²) in [7, 11) is 0. The van der Waals surface area contributed by atoms with Crippen LogP contribution in [0.2, 0.25) is 0 Å². The van der Waals surface area contributed by atoms with E-state index >= 15 is 0 Å². The Hall–Kier alpha value is -4.75. The molecule has 3 aliphatic heterocycles. The Kier molecular flexibility index (Phi) is 8.88. The van der Waals surface area contributed by atoms with Gasteiger partial charge in [-0.25, -0.2) is 4.68 Å². The Morgan fingerprint density at radius 3 is 2.33 bits per heavy atom. The second kappa shape index (κ2) is 13.4. The molecule has 1 aromatic heterocycles. The van der Waals surface area contributed by atoms with E-state index < -0.39 is 29.8 Å². The minimum atomic E-state index is -4.66. The van der Waals surface area contributed by atoms with E-state index in [1.807, 2.05) is 60.7 Å². The summed E-state index contributed by atoms with van der Waals surface area (Å²) in [5.41, 5.74) is 1.60. The molecule has 10 nitrogen and oxygen atoms in total. The molecule has 0 radical (unpaired) electrons. The van der Waals surface area contributed by atoms with Crippen LogP contribution >= 0.6 is 0 Å². The number of piperazine rings is 1. The molecule has 0 N–H and O–H groups in total. The van der Waals surface area contributed by atoms with Crippen molar-refractivity contribution in [3.8, 4) is 5.75 Å². The number of hydrogen-bond acceptors (Lipinski definition) is 7. The van der Waals surface area contributed by atoms with Crippen LogP contribution in [0.15, 0.2) is 85.1 Å². The molecule has 250 valence electrons. The molecule has 3 aliphatic rings. The molecule has 3 atom stereocenters. The Morgan fingerprint density at radius 1 is 0.875 bits per heavy atom. The summed E-state index contributed by atoms with van der Waals surface area (Å²) in [4.78, 5) is 33.6. The van der Waals surface area contributed by atoms with Gasteiger partial charge in [-0.1, -0.05) is 65.9 Å². The third-order valence-corrected chi connectivity index (χ3v) is 9.12. The fourth-order valence-electron chi connectivity index (χ4n) is 6.70. The lowest BCUT2D eigenvalue weighted by atomic mass is 10.0. The summed E-state index contributed by atoms with van der Waals surface area (Å²) in [6, 6.07) is 21.5. The van der Waals surface area contributed by atoms with Crippen molar-refractivity contribution in [3.05, 3.63) is 113 Å². The van der Waals surface area contributed by atoms with Crippen molar-refractivity contribution in [3.63, 3.8) is 0 Å². The second-order valence-electron chi connectivity index (χ2n) is 12.5. The van der Waals surface area contributed by atoms with Crippen LogP contribution in [0.5, 0.6) is 5.75 Å². The molecule has 2 saturated heterocycles. The van der Waals surface area contributed by atoms with Gasteiger partial charge in [0.2, 0.25) is 5.91 Å². The van der Waals surface area contributed by atoms with Gasteiger partial charge in [0.05, 0.1) is 42.6 Å². The SMILES string of the molecule is O=C1[C@@H]2C[C@@H](OCc3cn(Cc4ccccc4)nn3)CN2C(=O)c2cc(C(F)(F)F)ccc2OC[C@@H]2CN(Cc3ccccc3)CCN12. The molecule has 13 heteroatoms. The molecular formula is C35H35F3N6O4. The Bertz CT molecular complexity index is 1750. The van der Waals surface area contributed by atoms with E-state index in [4.69, 9.17) is 9.47 Å². The number of halogens is 3. The van der Waals surface area contributed by atoms with Gasteiger partial charge in [0, 0.05) is 39.1 Å². The van der Waals surface area contributed by atoms with Crippen molar-refractivity contribution in [1.29, 1.82) is 0 Å². The van der Waals surface area contributed by atoms with Gasteiger partial charge in [0.1, 0.15) is 24.1 Å². The largest absolute Gasteiger partial charge is 0.491 e. The molecule has 2 amide bonds. The lowest BCUT2D eigenvalue weighted by Gasteiger charge is -2.43. The number of carbonyl (C=O) groups excluding carboxylic acids is 2. The third-order valence-electron chi connectivity index (χ3n) is 9.12. The number of amides is 2. The first kappa shape index (κ1) is 31.8. The summed E-state index contributed by atoms with van der Waals surface area (Å²) in [6.07, 6.45) is -3.22. The van der Waals surface area contributed by atoms with Crippen LogP contribution in [-0.4, -0.2) is 92.5 Å². The van der Waals surface area contributed by atoms with Gasteiger partial charge in [-0.15, -0.1) is 5.10 Å². The summed E-state index contributed by atoms with van der Waals surface area (Å²) in [6.45, 7) is 2.95. The zero-order valence-electron chi connectivity index (χ0n) is 26.1. The van der Waals surface area contributed by atoms with Crippen LogP contribution in [0.4, 0.5) is 13.2 Å². The summed E-state index contributed by atoms with van der Waals surface area (Å²) >= 11 is 0. The molecular weight excluding hydrogens is 625 g/mol. The van der Waals surface area contributed by atoms with Crippen molar-refractivity contribution >= 4 is 11.8 Å². The van der Waals surface area contributed by atoms with E-state index in [1.165, 1.54) is 11.0 Å². The van der Waals surface area contributed by atoms with Crippen LogP contribution in [-0.2, 0) is 35.4 Å². The molecule has 0 aliphatic carbocycles. The average molecular weight is 661 g/mol. The number of nitrogens with zero attached hydrogens (tertiary/aromatic N) is 6. The van der Waals surface area contributed by atoms with Crippen LogP contribution < -0.4 is 4.74 Å². The highest BCUT2D eigenvalue weighted by Gasteiger charge is 2.46. The minimum absolute atomic E-state index is 0.0295. The fourth-order valence-corrected chi connectivity index (χ4v) is 6.70. The van der Waals surface area contributed by atoms with Crippen molar-refractivity contribution in [2.24, 2.45) is 0 Å². The lowest BCUT2D eigenvalue weighted by Crippen LogP contribution is -2.61. The van der Waals surface area contributed by atoms with Gasteiger partial charge in [0.15, 0.2) is 0 Å². The molecule has 3 aromatic carbocycles. The van der Waals surface area contributed by atoms with Crippen molar-refractivity contribution < 1.29 is 32.2 Å². The van der Waals surface area contributed by atoms with Gasteiger partial charge in [-0.2, -0.15) is 13.2 Å². The maximum absolute atomic E-state index is 14.2. The van der Waals surface area contributed by atoms with Gasteiger partial charge < -0.3 is 19.3 Å². The summed E-state index contributed by atoms with van der Waals surface area (Å²) < 4.78 is 55.2. The molecule has 0 bridgehead atoms. The molecule has 48 heavy (non-hydrogen) atoms. The smallest absolute Gasteiger partial charge is 0.416 e. The number of fused-ring (bicyclic) bond motifs is 3. The molecule has 2 fully saturated rings. The number of ether oxygens (including phenoxy) is 2. The van der Waals surface area contributed by atoms with Gasteiger partial charge >= 0.3 is 6.18 Å². The maximum Gasteiger partial charge on any atom is 0.416 e. The van der Waals surface area contributed by atoms with E-state index in [0.717, 1.165) is 23.3 Å². The zero-order valence-corrected chi connectivity index (χ0v) is 26.1. The Balaban J connectivity index is 1.12. The number of benzene rings is 3. The van der Waals surface area contributed by atoms with E-state index in [-0.39, 0.29) is 49.4 Å². The molecule has 4 heterocycles. The first-order valence-electron chi connectivity index (χ1n) is 16.0. The number of carbonyl (C=O) groups is 2. The monoisotopic (exact) mass is 660 g/mol. The highest BCUT2D eigenvalue weighted by atomic mass is 19.4. The number of aromatic nitrogens is 3. The number of rotatable bonds is 7. The minimum Gasteiger partial charge on any atom is -0.491 e. The molecule has 0 spiro atoms. The molecule has 4 aromatic rings. The number of alkyl halides is 3. The van der Waals surface area contributed by atoms with Gasteiger partial charge in [0.25, 0.3) is 5.91 Å². The Morgan fingerprint density at radius 2 is 1.60 bits per heavy atom. The maximum atomic E-state index is 14.2. The van der Waals surface area contributed by atoms with Crippen LogP contribution in [0.25, 0.3) is 0 Å². The van der Waals surface area contributed by atoms with E-state index in [2.05, 4.69) is 15.2 Å². The van der Waals surface area contributed by atoms with Crippen molar-refractivity contribution in [2.45, 2.75) is 50.5 Å². The molecule has 7 rings (SSSR count). The van der Waals surface area contributed by atoms with E-state index in [1.54, 1.807) is 15.8 Å². The normalized spacial score (nSPS) is 21.8. The van der Waals surface area contributed by atoms with Gasteiger partial charge in [-0.3, -0.25) is 14.5 Å². The highest BCUT2D eigenvalue weighted by Crippen LogP contribution is 2.36. The van der Waals surface area contributed by atoms with Gasteiger partial charge in [-0.05, 0) is 29.3 Å². The first-order valence-corrected chi connectivity index (χ1v) is 16.0. The Labute approximate surface area is 275 Å². The predicted octanol–water partition coefficient (Wildman–Crippen LogP) is 4.25. The van der Waals surface area contributed by atoms with Crippen molar-refractivity contribution in [1.82, 2.24) is 29.7 Å². The lowest BCUT2D eigenvalue weighted by molar-refractivity contribution is -0.142. The number of hydrogen-bond donors (Lipinski definition) is 0. The highest BCUT2D eigenvalue weighted by molar-refractivity contribution is 6.00. The quantitative estimate of drug-likeness (QED) is 0.293. The van der Waals surface area contributed by atoms with E-state index in [9.17, 15) is 22.8 Å². The average Bonchev–Trinajstić information content (AvgIpc) is 3.73. The summed E-state index contributed by atoms with van der Waals surface area (Å²) in [5, 5.41) is 8.39. The fraction of sp³-hybridized carbons (Fsp3) is 0.371. The van der Waals surface area contributed by atoms with Crippen LogP contribution in [0.3, 0.4) is 0 Å².